The summed E-state index contributed by atoms with van der Waals surface area (Å²) in [6, 6.07) is 23.4. The molecule has 4 aromatic rings. The molecule has 4 rings (SSSR count). The van der Waals surface area contributed by atoms with E-state index in [9.17, 15) is 9.59 Å². The predicted octanol–water partition coefficient (Wildman–Crippen LogP) is 5.80. The average molecular weight is 475 g/mol. The number of thiophene rings is 1. The molecule has 0 spiro atoms. The predicted molar refractivity (Wildman–Crippen MR) is 138 cm³/mol. The summed E-state index contributed by atoms with van der Waals surface area (Å²) >= 11 is 6.71. The molecule has 0 radical (unpaired) electrons. The van der Waals surface area contributed by atoms with Crippen molar-refractivity contribution in [1.82, 2.24) is 5.32 Å². The molecule has 0 saturated carbocycles. The van der Waals surface area contributed by atoms with Gasteiger partial charge < -0.3 is 15.4 Å². The number of benzene rings is 3. The second kappa shape index (κ2) is 10.4. The van der Waals surface area contributed by atoms with Gasteiger partial charge in [0.25, 0.3) is 0 Å². The van der Waals surface area contributed by atoms with Crippen LogP contribution in [0.3, 0.4) is 0 Å². The SMILES string of the molecule is CCOC(=O)c1c(-c2ccccc2)csc1NC(=S)NC(=O)Cc1cccc2ccccc12. The summed E-state index contributed by atoms with van der Waals surface area (Å²) in [5.41, 5.74) is 2.98. The lowest BCUT2D eigenvalue weighted by molar-refractivity contribution is -0.119. The third-order valence-corrected chi connectivity index (χ3v) is 6.17. The lowest BCUT2D eigenvalue weighted by atomic mass is 10.0. The zero-order valence-corrected chi connectivity index (χ0v) is 19.6. The minimum absolute atomic E-state index is 0.132. The Hall–Kier alpha value is -3.55. The molecule has 1 aromatic heterocycles. The normalized spacial score (nSPS) is 10.6. The molecule has 0 aliphatic carbocycles. The molecule has 1 heterocycles. The van der Waals surface area contributed by atoms with Crippen LogP contribution in [0.2, 0.25) is 0 Å². The highest BCUT2D eigenvalue weighted by Crippen LogP contribution is 2.36. The summed E-state index contributed by atoms with van der Waals surface area (Å²) < 4.78 is 5.27. The molecular formula is C26H22N2O3S2. The Labute approximate surface area is 201 Å². The molecule has 0 unspecified atom stereocenters. The van der Waals surface area contributed by atoms with Gasteiger partial charge in [-0.1, -0.05) is 72.8 Å². The number of rotatable bonds is 6. The number of hydrogen-bond acceptors (Lipinski definition) is 5. The second-order valence-corrected chi connectivity index (χ2v) is 8.55. The van der Waals surface area contributed by atoms with E-state index in [4.69, 9.17) is 17.0 Å². The number of carbonyl (C=O) groups is 2. The third-order valence-electron chi connectivity index (χ3n) is 5.07. The minimum Gasteiger partial charge on any atom is -0.462 e. The molecule has 33 heavy (non-hydrogen) atoms. The lowest BCUT2D eigenvalue weighted by Gasteiger charge is -2.12. The van der Waals surface area contributed by atoms with E-state index >= 15 is 0 Å². The highest BCUT2D eigenvalue weighted by Gasteiger charge is 2.22. The zero-order chi connectivity index (χ0) is 23.2. The number of fused-ring (bicyclic) bond motifs is 1. The number of nitrogens with one attached hydrogen (secondary N) is 2. The van der Waals surface area contributed by atoms with Crippen molar-refractivity contribution in [2.24, 2.45) is 0 Å². The van der Waals surface area contributed by atoms with Crippen LogP contribution in [0.1, 0.15) is 22.8 Å². The molecule has 3 aromatic carbocycles. The van der Waals surface area contributed by atoms with Gasteiger partial charge in [-0.25, -0.2) is 4.79 Å². The number of thiocarbonyl (C=S) groups is 1. The zero-order valence-electron chi connectivity index (χ0n) is 18.0. The monoisotopic (exact) mass is 474 g/mol. The summed E-state index contributed by atoms with van der Waals surface area (Å²) in [6.45, 7) is 2.02. The number of esters is 1. The maximum atomic E-state index is 12.7. The van der Waals surface area contributed by atoms with Crippen LogP contribution in [0.4, 0.5) is 5.00 Å². The van der Waals surface area contributed by atoms with Crippen molar-refractivity contribution >= 4 is 56.3 Å². The molecule has 166 valence electrons. The Kier molecular flexibility index (Phi) is 7.12. The maximum absolute atomic E-state index is 12.7. The van der Waals surface area contributed by atoms with Crippen LogP contribution in [-0.4, -0.2) is 23.6 Å². The van der Waals surface area contributed by atoms with Gasteiger partial charge in [0.15, 0.2) is 5.11 Å². The summed E-state index contributed by atoms with van der Waals surface area (Å²) in [5.74, 6) is -0.675. The van der Waals surface area contributed by atoms with Crippen molar-refractivity contribution in [2.45, 2.75) is 13.3 Å². The molecule has 2 N–H and O–H groups in total. The fraction of sp³-hybridized carbons (Fsp3) is 0.115. The van der Waals surface area contributed by atoms with Crippen LogP contribution >= 0.6 is 23.6 Å². The molecule has 0 aliphatic rings. The molecule has 0 bridgehead atoms. The maximum Gasteiger partial charge on any atom is 0.341 e. The Morgan fingerprint density at radius 2 is 1.70 bits per heavy atom. The Morgan fingerprint density at radius 3 is 2.48 bits per heavy atom. The van der Waals surface area contributed by atoms with Gasteiger partial charge in [-0.15, -0.1) is 11.3 Å². The average Bonchev–Trinajstić information content (AvgIpc) is 3.23. The van der Waals surface area contributed by atoms with Gasteiger partial charge in [-0.05, 0) is 41.0 Å². The van der Waals surface area contributed by atoms with Crippen molar-refractivity contribution in [3.05, 3.63) is 89.3 Å². The van der Waals surface area contributed by atoms with Crippen LogP contribution in [0.25, 0.3) is 21.9 Å². The van der Waals surface area contributed by atoms with E-state index in [2.05, 4.69) is 10.6 Å². The highest BCUT2D eigenvalue weighted by atomic mass is 32.1. The Balaban J connectivity index is 1.50. The quantitative estimate of drug-likeness (QED) is 0.273. The van der Waals surface area contributed by atoms with Gasteiger partial charge in [-0.2, -0.15) is 0 Å². The van der Waals surface area contributed by atoms with Crippen molar-refractivity contribution in [3.8, 4) is 11.1 Å². The fourth-order valence-corrected chi connectivity index (χ4v) is 4.85. The molecule has 1 amide bonds. The van der Waals surface area contributed by atoms with E-state index in [1.807, 2.05) is 78.2 Å². The van der Waals surface area contributed by atoms with Crippen LogP contribution in [-0.2, 0) is 16.0 Å². The van der Waals surface area contributed by atoms with Gasteiger partial charge in [0, 0.05) is 10.9 Å². The molecule has 5 nitrogen and oxygen atoms in total. The number of anilines is 1. The van der Waals surface area contributed by atoms with Crippen molar-refractivity contribution in [2.75, 3.05) is 11.9 Å². The number of hydrogen-bond donors (Lipinski definition) is 2. The van der Waals surface area contributed by atoms with Gasteiger partial charge >= 0.3 is 5.97 Å². The van der Waals surface area contributed by atoms with Gasteiger partial charge in [0.05, 0.1) is 13.0 Å². The first-order chi connectivity index (χ1) is 16.1. The standard InChI is InChI=1S/C26H22N2O3S2/c1-2-31-25(30)23-21(18-9-4-3-5-10-18)16-33-24(23)28-26(32)27-22(29)15-19-13-8-12-17-11-6-7-14-20(17)19/h3-14,16H,2,15H2,1H3,(H2,27,28,29,32). The third kappa shape index (κ3) is 5.27. The van der Waals surface area contributed by atoms with Gasteiger partial charge in [0.1, 0.15) is 10.6 Å². The van der Waals surface area contributed by atoms with E-state index < -0.39 is 5.97 Å². The molecule has 0 saturated heterocycles. The van der Waals surface area contributed by atoms with Crippen LogP contribution in [0, 0.1) is 0 Å². The topological polar surface area (TPSA) is 67.4 Å². The molecule has 0 fully saturated rings. The van der Waals surface area contributed by atoms with Gasteiger partial charge in [-0.3, -0.25) is 4.79 Å². The largest absolute Gasteiger partial charge is 0.462 e. The second-order valence-electron chi connectivity index (χ2n) is 7.26. The van der Waals surface area contributed by atoms with Crippen LogP contribution in [0.15, 0.2) is 78.2 Å². The smallest absolute Gasteiger partial charge is 0.341 e. The Morgan fingerprint density at radius 1 is 0.970 bits per heavy atom. The first-order valence-corrected chi connectivity index (χ1v) is 11.8. The summed E-state index contributed by atoms with van der Waals surface area (Å²) in [6.07, 6.45) is 0.188. The molecular weight excluding hydrogens is 452 g/mol. The van der Waals surface area contributed by atoms with E-state index in [1.54, 1.807) is 6.92 Å². The fourth-order valence-electron chi connectivity index (χ4n) is 3.61. The first-order valence-electron chi connectivity index (χ1n) is 10.5. The highest BCUT2D eigenvalue weighted by molar-refractivity contribution is 7.80. The van der Waals surface area contributed by atoms with Crippen molar-refractivity contribution < 1.29 is 14.3 Å². The number of amides is 1. The van der Waals surface area contributed by atoms with E-state index in [1.165, 1.54) is 11.3 Å². The molecule has 7 heteroatoms. The lowest BCUT2D eigenvalue weighted by Crippen LogP contribution is -2.35. The van der Waals surface area contributed by atoms with Gasteiger partial charge in [0.2, 0.25) is 5.91 Å². The summed E-state index contributed by atoms with van der Waals surface area (Å²) in [4.78, 5) is 25.4. The molecule has 0 aliphatic heterocycles. The summed E-state index contributed by atoms with van der Waals surface area (Å²) in [7, 11) is 0. The van der Waals surface area contributed by atoms with Crippen LogP contribution < -0.4 is 10.6 Å². The Bertz CT molecular complexity index is 1310. The van der Waals surface area contributed by atoms with Crippen LogP contribution in [0.5, 0.6) is 0 Å². The van der Waals surface area contributed by atoms with E-state index in [0.717, 1.165) is 27.5 Å². The molecule has 0 atom stereocenters. The van der Waals surface area contributed by atoms with E-state index in [0.29, 0.717) is 10.6 Å². The van der Waals surface area contributed by atoms with E-state index in [-0.39, 0.29) is 24.0 Å². The number of ether oxygens (including phenoxy) is 1. The first kappa shape index (κ1) is 22.6. The number of carbonyl (C=O) groups excluding carboxylic acids is 2. The van der Waals surface area contributed by atoms with Crippen molar-refractivity contribution in [1.29, 1.82) is 0 Å². The summed E-state index contributed by atoms with van der Waals surface area (Å²) in [5, 5.41) is 10.4. The van der Waals surface area contributed by atoms with Crippen molar-refractivity contribution in [3.63, 3.8) is 0 Å². The minimum atomic E-state index is -0.440.